The van der Waals surface area contributed by atoms with Crippen molar-refractivity contribution in [1.82, 2.24) is 0 Å². The minimum absolute atomic E-state index is 0.132. The molecule has 0 aromatic heterocycles. The Morgan fingerprint density at radius 3 is 2.41 bits per heavy atom. The molecule has 0 heterocycles. The predicted octanol–water partition coefficient (Wildman–Crippen LogP) is 4.83. The third kappa shape index (κ3) is 2.62. The molecule has 2 atom stereocenters. The molecule has 1 fully saturated rings. The predicted molar refractivity (Wildman–Crippen MR) is 91.7 cm³/mol. The van der Waals surface area contributed by atoms with Gasteiger partial charge in [0.1, 0.15) is 4.33 Å². The zero-order chi connectivity index (χ0) is 15.9. The molecule has 2 nitrogen and oxygen atoms in total. The van der Waals surface area contributed by atoms with Crippen LogP contribution in [0, 0.1) is 19.8 Å². The fourth-order valence-electron chi connectivity index (χ4n) is 2.83. The standard InChI is InChI=1S/C18H17Cl2NO/c1-11-7-6-10-14(12(11)2)21-17(22)16-15(18(16,19)20)13-8-4-3-5-9-13/h3-10,15-16H,1-2H3,(H,21,22)/t15-,16+/m1/s1. The molecule has 114 valence electrons. The van der Waals surface area contributed by atoms with E-state index in [4.69, 9.17) is 23.2 Å². The van der Waals surface area contributed by atoms with Crippen molar-refractivity contribution in [3.63, 3.8) is 0 Å². The lowest BCUT2D eigenvalue weighted by Gasteiger charge is -2.10. The fraction of sp³-hybridized carbons (Fsp3) is 0.278. The van der Waals surface area contributed by atoms with Gasteiger partial charge in [0.25, 0.3) is 0 Å². The lowest BCUT2D eigenvalue weighted by molar-refractivity contribution is -0.117. The summed E-state index contributed by atoms with van der Waals surface area (Å²) in [6.07, 6.45) is 0. The number of alkyl halides is 2. The Balaban J connectivity index is 1.80. The maximum absolute atomic E-state index is 12.6. The highest BCUT2D eigenvalue weighted by Gasteiger charge is 2.67. The second-order valence-corrected chi connectivity index (χ2v) is 7.22. The van der Waals surface area contributed by atoms with Crippen LogP contribution < -0.4 is 5.32 Å². The second-order valence-electron chi connectivity index (χ2n) is 5.78. The third-order valence-electron chi connectivity index (χ3n) is 4.36. The molecule has 1 N–H and O–H groups in total. The first-order valence-electron chi connectivity index (χ1n) is 7.22. The number of carbonyl (C=O) groups excluding carboxylic acids is 1. The Morgan fingerprint density at radius 2 is 1.73 bits per heavy atom. The zero-order valence-electron chi connectivity index (χ0n) is 12.4. The number of rotatable bonds is 3. The number of nitrogens with one attached hydrogen (secondary N) is 1. The van der Waals surface area contributed by atoms with Crippen LogP contribution in [0.15, 0.2) is 48.5 Å². The fourth-order valence-corrected chi connectivity index (χ4v) is 3.65. The van der Waals surface area contributed by atoms with Gasteiger partial charge in [0, 0.05) is 11.6 Å². The first kappa shape index (κ1) is 15.4. The van der Waals surface area contributed by atoms with Gasteiger partial charge in [-0.1, -0.05) is 42.5 Å². The molecule has 1 aliphatic rings. The second kappa shape index (κ2) is 5.60. The first-order chi connectivity index (χ1) is 10.4. The first-order valence-corrected chi connectivity index (χ1v) is 7.98. The van der Waals surface area contributed by atoms with Gasteiger partial charge in [0.15, 0.2) is 0 Å². The maximum atomic E-state index is 12.6. The molecule has 1 saturated carbocycles. The highest BCUT2D eigenvalue weighted by molar-refractivity contribution is 6.53. The normalized spacial score (nSPS) is 22.2. The Morgan fingerprint density at radius 1 is 1.05 bits per heavy atom. The smallest absolute Gasteiger partial charge is 0.231 e. The van der Waals surface area contributed by atoms with Gasteiger partial charge in [-0.2, -0.15) is 0 Å². The molecule has 0 radical (unpaired) electrons. The number of carbonyl (C=O) groups is 1. The van der Waals surface area contributed by atoms with E-state index < -0.39 is 10.3 Å². The average molecular weight is 334 g/mol. The monoisotopic (exact) mass is 333 g/mol. The number of amides is 1. The number of hydrogen-bond donors (Lipinski definition) is 1. The summed E-state index contributed by atoms with van der Waals surface area (Å²) < 4.78 is -1.04. The van der Waals surface area contributed by atoms with E-state index in [1.807, 2.05) is 62.4 Å². The van der Waals surface area contributed by atoms with Gasteiger partial charge in [0.05, 0.1) is 5.92 Å². The van der Waals surface area contributed by atoms with Crippen molar-refractivity contribution in [3.8, 4) is 0 Å². The third-order valence-corrected chi connectivity index (χ3v) is 5.30. The van der Waals surface area contributed by atoms with E-state index >= 15 is 0 Å². The lowest BCUT2D eigenvalue weighted by Crippen LogP contribution is -2.18. The van der Waals surface area contributed by atoms with Crippen molar-refractivity contribution in [3.05, 3.63) is 65.2 Å². The van der Waals surface area contributed by atoms with Crippen LogP contribution in [-0.4, -0.2) is 10.2 Å². The quantitative estimate of drug-likeness (QED) is 0.801. The molecule has 1 amide bonds. The summed E-state index contributed by atoms with van der Waals surface area (Å²) in [6, 6.07) is 15.5. The van der Waals surface area contributed by atoms with Crippen LogP contribution in [-0.2, 0) is 4.79 Å². The van der Waals surface area contributed by atoms with Crippen LogP contribution in [0.5, 0.6) is 0 Å². The molecule has 4 heteroatoms. The Labute approximate surface area is 140 Å². The van der Waals surface area contributed by atoms with E-state index in [-0.39, 0.29) is 11.8 Å². The van der Waals surface area contributed by atoms with E-state index in [0.29, 0.717) is 0 Å². The molecular weight excluding hydrogens is 317 g/mol. The van der Waals surface area contributed by atoms with E-state index in [9.17, 15) is 4.79 Å². The van der Waals surface area contributed by atoms with Crippen molar-refractivity contribution in [2.45, 2.75) is 24.1 Å². The van der Waals surface area contributed by atoms with Crippen molar-refractivity contribution < 1.29 is 4.79 Å². The van der Waals surface area contributed by atoms with E-state index in [0.717, 1.165) is 22.4 Å². The summed E-state index contributed by atoms with van der Waals surface area (Å²) in [4.78, 5) is 12.6. The lowest BCUT2D eigenvalue weighted by atomic mass is 10.1. The number of benzene rings is 2. The number of hydrogen-bond acceptors (Lipinski definition) is 1. The minimum Gasteiger partial charge on any atom is -0.325 e. The Kier molecular flexibility index (Phi) is 3.92. The molecule has 0 saturated heterocycles. The average Bonchev–Trinajstić information content (AvgIpc) is 3.07. The minimum atomic E-state index is -1.04. The summed E-state index contributed by atoms with van der Waals surface area (Å²) in [6.45, 7) is 4.00. The Hall–Kier alpha value is -1.51. The van der Waals surface area contributed by atoms with Crippen LogP contribution in [0.1, 0.15) is 22.6 Å². The van der Waals surface area contributed by atoms with Crippen molar-refractivity contribution in [2.75, 3.05) is 5.32 Å². The zero-order valence-corrected chi connectivity index (χ0v) is 13.9. The molecule has 3 rings (SSSR count). The van der Waals surface area contributed by atoms with E-state index in [1.54, 1.807) is 0 Å². The maximum Gasteiger partial charge on any atom is 0.231 e. The van der Waals surface area contributed by atoms with Crippen LogP contribution in [0.25, 0.3) is 0 Å². The topological polar surface area (TPSA) is 29.1 Å². The Bertz CT molecular complexity index is 712. The number of aryl methyl sites for hydroxylation is 1. The van der Waals surface area contributed by atoms with E-state index in [1.165, 1.54) is 0 Å². The SMILES string of the molecule is Cc1cccc(NC(=O)[C@@H]2[C@@H](c3ccccc3)C2(Cl)Cl)c1C. The van der Waals surface area contributed by atoms with Crippen molar-refractivity contribution >= 4 is 34.8 Å². The van der Waals surface area contributed by atoms with Crippen LogP contribution in [0.2, 0.25) is 0 Å². The highest BCUT2D eigenvalue weighted by Crippen LogP contribution is 2.65. The van der Waals surface area contributed by atoms with Gasteiger partial charge in [-0.15, -0.1) is 23.2 Å². The van der Waals surface area contributed by atoms with Gasteiger partial charge in [0.2, 0.25) is 5.91 Å². The summed E-state index contributed by atoms with van der Waals surface area (Å²) in [7, 11) is 0. The van der Waals surface area contributed by atoms with Crippen LogP contribution in [0.3, 0.4) is 0 Å². The summed E-state index contributed by atoms with van der Waals surface area (Å²) in [5.74, 6) is -0.729. The van der Waals surface area contributed by atoms with Gasteiger partial charge < -0.3 is 5.32 Å². The largest absolute Gasteiger partial charge is 0.325 e. The van der Waals surface area contributed by atoms with Crippen molar-refractivity contribution in [1.29, 1.82) is 0 Å². The number of halogens is 2. The molecule has 0 unspecified atom stereocenters. The molecule has 1 aliphatic carbocycles. The molecule has 2 aromatic rings. The van der Waals surface area contributed by atoms with Gasteiger partial charge in [-0.25, -0.2) is 0 Å². The molecule has 0 spiro atoms. The molecule has 2 aromatic carbocycles. The van der Waals surface area contributed by atoms with Crippen LogP contribution >= 0.6 is 23.2 Å². The molecule has 0 aliphatic heterocycles. The molecule has 0 bridgehead atoms. The highest BCUT2D eigenvalue weighted by atomic mass is 35.5. The number of anilines is 1. The van der Waals surface area contributed by atoms with Gasteiger partial charge in [-0.3, -0.25) is 4.79 Å². The summed E-state index contributed by atoms with van der Waals surface area (Å²) in [5.41, 5.74) is 4.00. The van der Waals surface area contributed by atoms with Gasteiger partial charge in [-0.05, 0) is 36.6 Å². The van der Waals surface area contributed by atoms with Crippen molar-refractivity contribution in [2.24, 2.45) is 5.92 Å². The molecule has 22 heavy (non-hydrogen) atoms. The van der Waals surface area contributed by atoms with Crippen LogP contribution in [0.4, 0.5) is 5.69 Å². The summed E-state index contributed by atoms with van der Waals surface area (Å²) in [5, 5.41) is 2.96. The van der Waals surface area contributed by atoms with Gasteiger partial charge >= 0.3 is 0 Å². The van der Waals surface area contributed by atoms with E-state index in [2.05, 4.69) is 5.32 Å². The summed E-state index contributed by atoms with van der Waals surface area (Å²) >= 11 is 12.7. The molecular formula is C18H17Cl2NO.